The molecule has 2 aliphatic rings. The molecule has 1 fully saturated rings. The van der Waals surface area contributed by atoms with Crippen molar-refractivity contribution in [2.24, 2.45) is 11.3 Å². The molecule has 3 aromatic rings. The summed E-state index contributed by atoms with van der Waals surface area (Å²) in [5.41, 5.74) is 5.11. The average Bonchev–Trinajstić information content (AvgIpc) is 3.02. The van der Waals surface area contributed by atoms with Gasteiger partial charge < -0.3 is 9.88 Å². The van der Waals surface area contributed by atoms with Crippen LogP contribution < -0.4 is 5.32 Å². The van der Waals surface area contributed by atoms with Gasteiger partial charge in [0.05, 0.1) is 11.0 Å². The maximum atomic E-state index is 5.03. The highest BCUT2D eigenvalue weighted by atomic mass is 15.3. The molecule has 1 aliphatic heterocycles. The van der Waals surface area contributed by atoms with Crippen LogP contribution in [-0.4, -0.2) is 9.55 Å². The lowest BCUT2D eigenvalue weighted by molar-refractivity contribution is 0.112. The Morgan fingerprint density at radius 3 is 2.46 bits per heavy atom. The van der Waals surface area contributed by atoms with Crippen LogP contribution in [0.4, 0.5) is 5.69 Å². The van der Waals surface area contributed by atoms with Crippen LogP contribution in [0.2, 0.25) is 0 Å². The lowest BCUT2D eigenvalue weighted by atomic mass is 9.69. The molecule has 0 radical (unpaired) electrons. The van der Waals surface area contributed by atoms with E-state index in [2.05, 4.69) is 79.2 Å². The minimum atomic E-state index is -0.0540. The molecule has 1 aliphatic carbocycles. The number of nitrogens with one attached hydrogen (secondary N) is 1. The number of imidazole rings is 1. The summed E-state index contributed by atoms with van der Waals surface area (Å²) in [6, 6.07) is 17.2. The van der Waals surface area contributed by atoms with E-state index in [1.807, 2.05) is 0 Å². The smallest absolute Gasteiger partial charge is 0.145 e. The molecule has 134 valence electrons. The van der Waals surface area contributed by atoms with Gasteiger partial charge in [0.2, 0.25) is 0 Å². The van der Waals surface area contributed by atoms with Gasteiger partial charge in [-0.3, -0.25) is 0 Å². The Labute approximate surface area is 155 Å². The van der Waals surface area contributed by atoms with Crippen LogP contribution in [0.5, 0.6) is 0 Å². The molecule has 3 nitrogen and oxygen atoms in total. The van der Waals surface area contributed by atoms with Crippen LogP contribution in [0, 0.1) is 11.3 Å². The highest BCUT2D eigenvalue weighted by Gasteiger charge is 2.44. The number of nitrogens with zero attached hydrogens (tertiary/aromatic N) is 2. The molecule has 2 aromatic carbocycles. The average molecular weight is 345 g/mol. The second-order valence-corrected chi connectivity index (χ2v) is 9.10. The molecule has 1 saturated carbocycles. The van der Waals surface area contributed by atoms with Gasteiger partial charge in [-0.1, -0.05) is 45.0 Å². The maximum absolute atomic E-state index is 5.03. The van der Waals surface area contributed by atoms with Gasteiger partial charge >= 0.3 is 0 Å². The molecule has 0 bridgehead atoms. The molecular weight excluding hydrogens is 318 g/mol. The summed E-state index contributed by atoms with van der Waals surface area (Å²) in [4.78, 5) is 5.03. The Bertz CT molecular complexity index is 969. The van der Waals surface area contributed by atoms with Gasteiger partial charge in [-0.2, -0.15) is 0 Å². The first-order valence-electron chi connectivity index (χ1n) is 9.84. The topological polar surface area (TPSA) is 29.9 Å². The normalized spacial score (nSPS) is 25.0. The predicted molar refractivity (Wildman–Crippen MR) is 108 cm³/mol. The van der Waals surface area contributed by atoms with E-state index >= 15 is 0 Å². The third-order valence-corrected chi connectivity index (χ3v) is 6.56. The van der Waals surface area contributed by atoms with Gasteiger partial charge in [0.25, 0.3) is 0 Å². The summed E-state index contributed by atoms with van der Waals surface area (Å²) in [7, 11) is 0. The monoisotopic (exact) mass is 345 g/mol. The Morgan fingerprint density at radius 2 is 1.69 bits per heavy atom. The van der Waals surface area contributed by atoms with Gasteiger partial charge in [0.15, 0.2) is 0 Å². The Kier molecular flexibility index (Phi) is 3.28. The fourth-order valence-electron chi connectivity index (χ4n) is 5.04. The first-order valence-corrected chi connectivity index (χ1v) is 9.84. The summed E-state index contributed by atoms with van der Waals surface area (Å²) >= 11 is 0. The number of hydrogen-bond acceptors (Lipinski definition) is 2. The maximum Gasteiger partial charge on any atom is 0.145 e. The second kappa shape index (κ2) is 5.35. The van der Waals surface area contributed by atoms with E-state index in [0.717, 1.165) is 30.1 Å². The Hall–Kier alpha value is -2.29. The second-order valence-electron chi connectivity index (χ2n) is 9.10. The number of benzene rings is 2. The lowest BCUT2D eigenvalue weighted by Gasteiger charge is -2.48. The molecule has 26 heavy (non-hydrogen) atoms. The zero-order valence-electron chi connectivity index (χ0n) is 15.9. The van der Waals surface area contributed by atoms with E-state index in [-0.39, 0.29) is 5.66 Å². The summed E-state index contributed by atoms with van der Waals surface area (Å²) in [6.07, 6.45) is 4.81. The fourth-order valence-corrected chi connectivity index (χ4v) is 5.04. The van der Waals surface area contributed by atoms with E-state index in [1.54, 1.807) is 0 Å². The molecule has 1 aromatic heterocycles. The van der Waals surface area contributed by atoms with E-state index in [9.17, 15) is 0 Å². The summed E-state index contributed by atoms with van der Waals surface area (Å²) in [5, 5.41) is 3.94. The van der Waals surface area contributed by atoms with Crippen molar-refractivity contribution in [2.75, 3.05) is 5.32 Å². The number of para-hydroxylation sites is 3. The minimum absolute atomic E-state index is 0.0540. The summed E-state index contributed by atoms with van der Waals surface area (Å²) < 4.78 is 2.50. The van der Waals surface area contributed by atoms with Crippen LogP contribution in [0.3, 0.4) is 0 Å². The van der Waals surface area contributed by atoms with Gasteiger partial charge in [-0.05, 0) is 61.3 Å². The zero-order valence-corrected chi connectivity index (χ0v) is 15.9. The standard InChI is InChI=1S/C23H27N3/c1-22(2,3)16-12-14-23(15-13-16)25-18-9-5-4-8-17(18)21-24-19-10-6-7-11-20(19)26(21)23/h4-11,16,25H,12-15H2,1-3H3. The predicted octanol–water partition coefficient (Wildman–Crippen LogP) is 6.02. The third-order valence-electron chi connectivity index (χ3n) is 6.56. The van der Waals surface area contributed by atoms with Gasteiger partial charge in [0.1, 0.15) is 11.5 Å². The molecular formula is C23H27N3. The van der Waals surface area contributed by atoms with Gasteiger partial charge in [-0.15, -0.1) is 0 Å². The largest absolute Gasteiger partial charge is 0.362 e. The summed E-state index contributed by atoms with van der Waals surface area (Å²) in [6.45, 7) is 7.16. The highest BCUT2D eigenvalue weighted by Crippen LogP contribution is 2.50. The van der Waals surface area contributed by atoms with Crippen molar-refractivity contribution < 1.29 is 0 Å². The van der Waals surface area contributed by atoms with Crippen molar-refractivity contribution in [3.63, 3.8) is 0 Å². The van der Waals surface area contributed by atoms with Crippen LogP contribution >= 0.6 is 0 Å². The quantitative estimate of drug-likeness (QED) is 0.540. The Morgan fingerprint density at radius 1 is 1.00 bits per heavy atom. The summed E-state index contributed by atoms with van der Waals surface area (Å²) in [5.74, 6) is 1.90. The molecule has 0 unspecified atom stereocenters. The van der Waals surface area contributed by atoms with Crippen molar-refractivity contribution in [1.29, 1.82) is 0 Å². The van der Waals surface area contributed by atoms with E-state index < -0.39 is 0 Å². The van der Waals surface area contributed by atoms with Gasteiger partial charge in [-0.25, -0.2) is 4.98 Å². The van der Waals surface area contributed by atoms with Crippen LogP contribution in [0.1, 0.15) is 46.5 Å². The van der Waals surface area contributed by atoms with Crippen molar-refractivity contribution in [3.05, 3.63) is 48.5 Å². The van der Waals surface area contributed by atoms with Crippen molar-refractivity contribution in [2.45, 2.75) is 52.1 Å². The van der Waals surface area contributed by atoms with E-state index in [4.69, 9.17) is 4.98 Å². The molecule has 2 heterocycles. The Balaban J connectivity index is 1.68. The molecule has 0 atom stereocenters. The van der Waals surface area contributed by atoms with E-state index in [1.165, 1.54) is 29.6 Å². The van der Waals surface area contributed by atoms with Crippen LogP contribution in [0.15, 0.2) is 48.5 Å². The first kappa shape index (κ1) is 15.9. The first-order chi connectivity index (χ1) is 12.5. The number of hydrogen-bond donors (Lipinski definition) is 1. The van der Waals surface area contributed by atoms with Crippen molar-refractivity contribution >= 4 is 16.7 Å². The highest BCUT2D eigenvalue weighted by molar-refractivity contribution is 5.86. The number of fused-ring (bicyclic) bond motifs is 6. The zero-order chi connectivity index (χ0) is 17.9. The molecule has 1 N–H and O–H groups in total. The molecule has 1 spiro atoms. The van der Waals surface area contributed by atoms with Crippen LogP contribution in [0.25, 0.3) is 22.4 Å². The lowest BCUT2D eigenvalue weighted by Crippen LogP contribution is -2.48. The number of anilines is 1. The van der Waals surface area contributed by atoms with Gasteiger partial charge in [0, 0.05) is 11.3 Å². The van der Waals surface area contributed by atoms with E-state index in [0.29, 0.717) is 5.41 Å². The van der Waals surface area contributed by atoms with Crippen molar-refractivity contribution in [1.82, 2.24) is 9.55 Å². The van der Waals surface area contributed by atoms with Crippen molar-refractivity contribution in [3.8, 4) is 11.4 Å². The number of aromatic nitrogens is 2. The SMILES string of the molecule is CC(C)(C)C1CCC2(CC1)Nc1ccccc1-c1nc3ccccc3n12. The fraction of sp³-hybridized carbons (Fsp3) is 0.435. The molecule has 5 rings (SSSR count). The third kappa shape index (κ3) is 2.22. The molecule has 0 saturated heterocycles. The van der Waals surface area contributed by atoms with Crippen LogP contribution in [-0.2, 0) is 5.66 Å². The molecule has 0 amide bonds. The minimum Gasteiger partial charge on any atom is -0.362 e. The number of rotatable bonds is 0. The molecule has 3 heteroatoms.